The van der Waals surface area contributed by atoms with Crippen molar-refractivity contribution in [3.05, 3.63) is 40.4 Å². The van der Waals surface area contributed by atoms with E-state index in [2.05, 4.69) is 11.1 Å². The minimum atomic E-state index is -3.69. The van der Waals surface area contributed by atoms with Crippen LogP contribution < -0.4 is 9.62 Å². The quantitative estimate of drug-likeness (QED) is 0.667. The van der Waals surface area contributed by atoms with Crippen LogP contribution in [0.25, 0.3) is 0 Å². The maximum atomic E-state index is 12.3. The monoisotopic (exact) mass is 448 g/mol. The normalized spacial score (nSPS) is 18.7. The van der Waals surface area contributed by atoms with Crippen LogP contribution in [-0.4, -0.2) is 43.3 Å². The third-order valence-corrected chi connectivity index (χ3v) is 6.64. The number of hydrogen-bond donors (Lipinski definition) is 2. The lowest BCUT2D eigenvalue weighted by Crippen LogP contribution is -2.30. The fraction of sp³-hybridized carbons (Fsp3) is 0.450. The van der Waals surface area contributed by atoms with Gasteiger partial charge in [0, 0.05) is 17.1 Å². The Morgan fingerprint density at radius 1 is 1.37 bits per heavy atom. The summed E-state index contributed by atoms with van der Waals surface area (Å²) in [5, 5.41) is 19.4. The van der Waals surface area contributed by atoms with E-state index >= 15 is 0 Å². The van der Waals surface area contributed by atoms with Crippen molar-refractivity contribution in [1.82, 2.24) is 9.71 Å². The Balaban J connectivity index is 1.88. The summed E-state index contributed by atoms with van der Waals surface area (Å²) in [6.45, 7) is 2.35. The second kappa shape index (κ2) is 9.12. The summed E-state index contributed by atoms with van der Waals surface area (Å²) in [7, 11) is -3.69. The zero-order valence-corrected chi connectivity index (χ0v) is 18.5. The zero-order valence-electron chi connectivity index (χ0n) is 16.8. The van der Waals surface area contributed by atoms with Crippen LogP contribution >= 0.6 is 11.3 Å². The molecule has 1 fully saturated rings. The summed E-state index contributed by atoms with van der Waals surface area (Å²) in [5.74, 6) is -0.342. The van der Waals surface area contributed by atoms with E-state index in [0.29, 0.717) is 28.0 Å². The summed E-state index contributed by atoms with van der Waals surface area (Å²) in [5.41, 5.74) is 1.45. The summed E-state index contributed by atoms with van der Waals surface area (Å²) >= 11 is 1.31. The van der Waals surface area contributed by atoms with Gasteiger partial charge in [-0.05, 0) is 62.8 Å². The van der Waals surface area contributed by atoms with Crippen molar-refractivity contribution in [3.8, 4) is 6.07 Å². The zero-order chi connectivity index (χ0) is 21.9. The topological polar surface area (TPSA) is 123 Å². The van der Waals surface area contributed by atoms with Crippen LogP contribution in [0.1, 0.15) is 46.6 Å². The first-order chi connectivity index (χ1) is 14.2. The molecular formula is C20H24N4O4S2. The van der Waals surface area contributed by atoms with E-state index in [-0.39, 0.29) is 11.8 Å². The summed E-state index contributed by atoms with van der Waals surface area (Å²) in [4.78, 5) is 19.3. The number of thiazole rings is 1. The molecule has 0 radical (unpaired) electrons. The van der Waals surface area contributed by atoms with Crippen LogP contribution in [0, 0.1) is 24.2 Å². The summed E-state index contributed by atoms with van der Waals surface area (Å²) < 4.78 is 24.8. The van der Waals surface area contributed by atoms with Gasteiger partial charge in [0.1, 0.15) is 5.69 Å². The maximum absolute atomic E-state index is 12.3. The lowest BCUT2D eigenvalue weighted by molar-refractivity contribution is 0.0977. The van der Waals surface area contributed by atoms with Crippen LogP contribution in [0.15, 0.2) is 24.3 Å². The number of carbonyl (C=O) groups excluding carboxylic acids is 1. The Morgan fingerprint density at radius 2 is 2.07 bits per heavy atom. The minimum Gasteiger partial charge on any atom is -0.393 e. The number of aryl methyl sites for hydroxylation is 1. The molecule has 8 nitrogen and oxygen atoms in total. The highest BCUT2D eigenvalue weighted by molar-refractivity contribution is 7.89. The molecule has 2 atom stereocenters. The number of amides is 1. The Morgan fingerprint density at radius 3 is 2.63 bits per heavy atom. The van der Waals surface area contributed by atoms with Crippen LogP contribution in [0.5, 0.6) is 0 Å². The molecule has 1 heterocycles. The van der Waals surface area contributed by atoms with Crippen molar-refractivity contribution in [1.29, 1.82) is 5.26 Å². The number of nitriles is 1. The van der Waals surface area contributed by atoms with Crippen LogP contribution in [-0.2, 0) is 10.0 Å². The minimum absolute atomic E-state index is 0.0790. The molecule has 1 aliphatic carbocycles. The average molecular weight is 449 g/mol. The Bertz CT molecular complexity index is 1060. The molecular weight excluding hydrogens is 424 g/mol. The standard InChI is InChI=1S/C20H24N4O4S2/c1-13-18(19(26)23-30(2,27)28)22-20(29-13)24(10-9-14-5-8-17(25)11-14)16-6-3-15(12-21)4-7-16/h3-4,6-7,14,17,25H,5,8-11H2,1-2H3,(H,23,26)/t14-,17-/m1/s1. The number of sulfonamides is 1. The van der Waals surface area contributed by atoms with Crippen molar-refractivity contribution >= 4 is 38.1 Å². The van der Waals surface area contributed by atoms with Gasteiger partial charge in [-0.1, -0.05) is 0 Å². The predicted molar refractivity (Wildman–Crippen MR) is 115 cm³/mol. The maximum Gasteiger partial charge on any atom is 0.284 e. The van der Waals surface area contributed by atoms with E-state index < -0.39 is 15.9 Å². The molecule has 1 aromatic carbocycles. The third-order valence-electron chi connectivity index (χ3n) is 5.09. The molecule has 0 unspecified atom stereocenters. The van der Waals surface area contributed by atoms with Gasteiger partial charge in [-0.2, -0.15) is 5.26 Å². The van der Waals surface area contributed by atoms with Gasteiger partial charge in [0.15, 0.2) is 5.13 Å². The Hall–Kier alpha value is -2.48. The van der Waals surface area contributed by atoms with Crippen molar-refractivity contribution < 1.29 is 18.3 Å². The van der Waals surface area contributed by atoms with E-state index in [1.165, 1.54) is 11.3 Å². The molecule has 1 aliphatic rings. The highest BCUT2D eigenvalue weighted by Gasteiger charge is 2.26. The van der Waals surface area contributed by atoms with E-state index in [9.17, 15) is 18.3 Å². The van der Waals surface area contributed by atoms with Gasteiger partial charge in [0.05, 0.1) is 24.0 Å². The molecule has 30 heavy (non-hydrogen) atoms. The first kappa shape index (κ1) is 22.2. The van der Waals surface area contributed by atoms with Crippen molar-refractivity contribution in [2.45, 2.75) is 38.7 Å². The Labute approximate surface area is 180 Å². The molecule has 2 N–H and O–H groups in total. The highest BCUT2D eigenvalue weighted by Crippen LogP contribution is 2.34. The fourth-order valence-corrected chi connectivity index (χ4v) is 4.98. The molecule has 1 amide bonds. The van der Waals surface area contributed by atoms with Gasteiger partial charge in [-0.25, -0.2) is 18.1 Å². The van der Waals surface area contributed by atoms with E-state index in [0.717, 1.165) is 37.6 Å². The average Bonchev–Trinajstić information content (AvgIpc) is 3.26. The lowest BCUT2D eigenvalue weighted by Gasteiger charge is -2.23. The SMILES string of the molecule is Cc1sc(N(CC[C@H]2CC[C@@H](O)C2)c2ccc(C#N)cc2)nc1C(=O)NS(C)(=O)=O. The van der Waals surface area contributed by atoms with E-state index in [1.54, 1.807) is 19.1 Å². The van der Waals surface area contributed by atoms with Crippen LogP contribution in [0.2, 0.25) is 0 Å². The lowest BCUT2D eigenvalue weighted by atomic mass is 10.0. The molecule has 10 heteroatoms. The van der Waals surface area contributed by atoms with Gasteiger partial charge in [0.2, 0.25) is 10.0 Å². The highest BCUT2D eigenvalue weighted by atomic mass is 32.2. The number of hydrogen-bond acceptors (Lipinski definition) is 8. The molecule has 0 spiro atoms. The largest absolute Gasteiger partial charge is 0.393 e. The van der Waals surface area contributed by atoms with Crippen LogP contribution in [0.3, 0.4) is 0 Å². The van der Waals surface area contributed by atoms with Gasteiger partial charge < -0.3 is 10.0 Å². The Kier molecular flexibility index (Phi) is 6.75. The van der Waals surface area contributed by atoms with Crippen LogP contribution in [0.4, 0.5) is 10.8 Å². The first-order valence-corrected chi connectivity index (χ1v) is 12.3. The molecule has 0 bridgehead atoms. The van der Waals surface area contributed by atoms with E-state index in [4.69, 9.17) is 5.26 Å². The van der Waals surface area contributed by atoms with Crippen molar-refractivity contribution in [2.24, 2.45) is 5.92 Å². The number of carbonyl (C=O) groups is 1. The summed E-state index contributed by atoms with van der Waals surface area (Å²) in [6, 6.07) is 9.20. The molecule has 3 rings (SSSR count). The second-order valence-corrected chi connectivity index (χ2v) is 10.5. The molecule has 160 valence electrons. The van der Waals surface area contributed by atoms with Gasteiger partial charge in [-0.3, -0.25) is 4.79 Å². The number of aliphatic hydroxyl groups excluding tert-OH is 1. The first-order valence-electron chi connectivity index (χ1n) is 9.61. The van der Waals surface area contributed by atoms with E-state index in [1.807, 2.05) is 21.8 Å². The number of aromatic nitrogens is 1. The molecule has 0 aliphatic heterocycles. The second-order valence-electron chi connectivity index (χ2n) is 7.54. The summed E-state index contributed by atoms with van der Waals surface area (Å²) in [6.07, 6.45) is 4.09. The smallest absolute Gasteiger partial charge is 0.284 e. The molecule has 0 saturated heterocycles. The van der Waals surface area contributed by atoms with Gasteiger partial charge in [0.25, 0.3) is 5.91 Å². The van der Waals surface area contributed by atoms with Gasteiger partial charge >= 0.3 is 0 Å². The number of benzene rings is 1. The molecule has 1 aromatic heterocycles. The molecule has 1 saturated carbocycles. The number of nitrogens with one attached hydrogen (secondary N) is 1. The number of aliphatic hydroxyl groups is 1. The molecule has 2 aromatic rings. The predicted octanol–water partition coefficient (Wildman–Crippen LogP) is 2.70. The number of nitrogens with zero attached hydrogens (tertiary/aromatic N) is 3. The fourth-order valence-electron chi connectivity index (χ4n) is 3.60. The third kappa shape index (κ3) is 5.56. The number of rotatable bonds is 7. The van der Waals surface area contributed by atoms with Gasteiger partial charge in [-0.15, -0.1) is 11.3 Å². The van der Waals surface area contributed by atoms with Crippen molar-refractivity contribution in [3.63, 3.8) is 0 Å². The number of anilines is 2. The van der Waals surface area contributed by atoms with Crippen molar-refractivity contribution in [2.75, 3.05) is 17.7 Å².